The van der Waals surface area contributed by atoms with E-state index < -0.39 is 0 Å². The monoisotopic (exact) mass is 421 g/mol. The van der Waals surface area contributed by atoms with Gasteiger partial charge in [-0.3, -0.25) is 4.99 Å². The molecule has 1 saturated carbocycles. The van der Waals surface area contributed by atoms with Gasteiger partial charge in [0.05, 0.1) is 0 Å². The van der Waals surface area contributed by atoms with E-state index in [4.69, 9.17) is 0 Å². The zero-order chi connectivity index (χ0) is 15.4. The third-order valence-electron chi connectivity index (χ3n) is 4.11. The minimum absolute atomic E-state index is 0. The molecule has 2 aromatic rings. The molecule has 2 aromatic carbocycles. The Balaban J connectivity index is 0.00000192. The molecule has 1 aliphatic carbocycles. The largest absolute Gasteiger partial charge is 0.353 e. The number of halogens is 1. The van der Waals surface area contributed by atoms with Crippen LogP contribution < -0.4 is 10.6 Å². The highest BCUT2D eigenvalue weighted by atomic mass is 127. The predicted molar refractivity (Wildman–Crippen MR) is 108 cm³/mol. The van der Waals surface area contributed by atoms with Gasteiger partial charge in [-0.25, -0.2) is 0 Å². The fraction of sp³-hybridized carbons (Fsp3) is 0.316. The Kier molecular flexibility index (Phi) is 6.45. The number of aliphatic imine (C=N–C) groups is 1. The smallest absolute Gasteiger partial charge is 0.191 e. The summed E-state index contributed by atoms with van der Waals surface area (Å²) < 4.78 is 0. The van der Waals surface area contributed by atoms with Crippen LogP contribution in [0.2, 0.25) is 0 Å². The number of hydrogen-bond acceptors (Lipinski definition) is 1. The summed E-state index contributed by atoms with van der Waals surface area (Å²) in [7, 11) is 1.82. The molecule has 3 rings (SSSR count). The van der Waals surface area contributed by atoms with Crippen LogP contribution in [-0.4, -0.2) is 19.0 Å². The Bertz CT molecular complexity index is 655. The normalized spacial score (nSPS) is 19.7. The number of rotatable bonds is 4. The molecule has 4 heteroatoms. The summed E-state index contributed by atoms with van der Waals surface area (Å²) in [6.45, 7) is 2.91. The third-order valence-corrected chi connectivity index (χ3v) is 4.11. The van der Waals surface area contributed by atoms with Crippen molar-refractivity contribution in [1.29, 1.82) is 0 Å². The zero-order valence-corrected chi connectivity index (χ0v) is 16.0. The molecule has 0 bridgehead atoms. The van der Waals surface area contributed by atoms with Crippen molar-refractivity contribution in [3.63, 3.8) is 0 Å². The van der Waals surface area contributed by atoms with Crippen molar-refractivity contribution in [3.05, 3.63) is 71.3 Å². The van der Waals surface area contributed by atoms with Crippen LogP contribution in [-0.2, 0) is 6.54 Å². The topological polar surface area (TPSA) is 36.4 Å². The fourth-order valence-corrected chi connectivity index (χ4v) is 2.80. The quantitative estimate of drug-likeness (QED) is 0.447. The molecule has 0 aromatic heterocycles. The number of guanidine groups is 1. The lowest BCUT2D eigenvalue weighted by Gasteiger charge is -2.12. The maximum absolute atomic E-state index is 4.33. The van der Waals surface area contributed by atoms with Gasteiger partial charge in [-0.05, 0) is 24.5 Å². The van der Waals surface area contributed by atoms with E-state index in [0.29, 0.717) is 12.0 Å². The summed E-state index contributed by atoms with van der Waals surface area (Å²) in [5.41, 5.74) is 3.97. The van der Waals surface area contributed by atoms with Crippen molar-refractivity contribution in [3.8, 4) is 0 Å². The molecule has 1 fully saturated rings. The molecule has 0 saturated heterocycles. The summed E-state index contributed by atoms with van der Waals surface area (Å²) in [5.74, 6) is 1.49. The number of benzene rings is 2. The molecule has 0 amide bonds. The Hall–Kier alpha value is -1.56. The van der Waals surface area contributed by atoms with Crippen LogP contribution in [0.3, 0.4) is 0 Å². The highest BCUT2D eigenvalue weighted by Gasteiger charge is 2.38. The Morgan fingerprint density at radius 2 is 1.91 bits per heavy atom. The van der Waals surface area contributed by atoms with E-state index in [2.05, 4.69) is 77.1 Å². The number of hydrogen-bond donors (Lipinski definition) is 2. The van der Waals surface area contributed by atoms with Crippen LogP contribution in [0.15, 0.2) is 59.6 Å². The van der Waals surface area contributed by atoms with Crippen LogP contribution >= 0.6 is 24.0 Å². The van der Waals surface area contributed by atoms with Gasteiger partial charge in [-0.1, -0.05) is 60.2 Å². The highest BCUT2D eigenvalue weighted by molar-refractivity contribution is 14.0. The second-order valence-corrected chi connectivity index (χ2v) is 5.92. The van der Waals surface area contributed by atoms with E-state index in [1.54, 1.807) is 0 Å². The average Bonchev–Trinajstić information content (AvgIpc) is 3.31. The Morgan fingerprint density at radius 3 is 2.61 bits per heavy atom. The maximum atomic E-state index is 4.33. The van der Waals surface area contributed by atoms with Crippen LogP contribution in [0.4, 0.5) is 0 Å². The number of aryl methyl sites for hydroxylation is 1. The van der Waals surface area contributed by atoms with Crippen molar-refractivity contribution in [2.24, 2.45) is 4.99 Å². The SMILES string of the molecule is CN=C(NCc1cccc(C)c1)NC1CC1c1ccccc1.I. The van der Waals surface area contributed by atoms with E-state index >= 15 is 0 Å². The lowest BCUT2D eigenvalue weighted by atomic mass is 10.1. The minimum Gasteiger partial charge on any atom is -0.353 e. The molecule has 0 radical (unpaired) electrons. The van der Waals surface area contributed by atoms with Crippen molar-refractivity contribution in [1.82, 2.24) is 10.6 Å². The first kappa shape index (κ1) is 17.8. The summed E-state index contributed by atoms with van der Waals surface area (Å²) in [5, 5.41) is 6.91. The first-order valence-corrected chi connectivity index (χ1v) is 7.84. The maximum Gasteiger partial charge on any atom is 0.191 e. The van der Waals surface area contributed by atoms with Gasteiger partial charge in [0.25, 0.3) is 0 Å². The van der Waals surface area contributed by atoms with Crippen LogP contribution in [0, 0.1) is 6.92 Å². The van der Waals surface area contributed by atoms with Gasteiger partial charge in [-0.2, -0.15) is 0 Å². The first-order chi connectivity index (χ1) is 10.8. The predicted octanol–water partition coefficient (Wildman–Crippen LogP) is 3.83. The standard InChI is InChI=1S/C19H23N3.HI/c1-14-7-6-8-15(11-14)13-21-19(20-2)22-18-12-17(18)16-9-4-3-5-10-16;/h3-11,17-18H,12-13H2,1-2H3,(H2,20,21,22);1H. The molecule has 3 nitrogen and oxygen atoms in total. The highest BCUT2D eigenvalue weighted by Crippen LogP contribution is 2.40. The molecule has 0 aliphatic heterocycles. The third kappa shape index (κ3) is 4.96. The molecule has 1 aliphatic rings. The van der Waals surface area contributed by atoms with Gasteiger partial charge in [0, 0.05) is 25.6 Å². The summed E-state index contributed by atoms with van der Waals surface area (Å²) >= 11 is 0. The van der Waals surface area contributed by atoms with E-state index in [0.717, 1.165) is 12.5 Å². The van der Waals surface area contributed by atoms with Crippen LogP contribution in [0.5, 0.6) is 0 Å². The Labute approximate surface area is 155 Å². The van der Waals surface area contributed by atoms with Gasteiger partial charge in [0.1, 0.15) is 0 Å². The van der Waals surface area contributed by atoms with Gasteiger partial charge in [0.15, 0.2) is 5.96 Å². The van der Waals surface area contributed by atoms with Gasteiger partial charge >= 0.3 is 0 Å². The molecule has 122 valence electrons. The van der Waals surface area contributed by atoms with Crippen molar-refractivity contribution in [2.75, 3.05) is 7.05 Å². The molecule has 2 N–H and O–H groups in total. The van der Waals surface area contributed by atoms with Gasteiger partial charge in [-0.15, -0.1) is 24.0 Å². The van der Waals surface area contributed by atoms with E-state index in [1.807, 2.05) is 7.05 Å². The Morgan fingerprint density at radius 1 is 1.13 bits per heavy atom. The summed E-state index contributed by atoms with van der Waals surface area (Å²) in [6.07, 6.45) is 1.18. The van der Waals surface area contributed by atoms with E-state index in [1.165, 1.54) is 23.1 Å². The molecule has 0 heterocycles. The fourth-order valence-electron chi connectivity index (χ4n) is 2.80. The van der Waals surface area contributed by atoms with Crippen molar-refractivity contribution < 1.29 is 0 Å². The van der Waals surface area contributed by atoms with Crippen molar-refractivity contribution >= 4 is 29.9 Å². The van der Waals surface area contributed by atoms with Crippen molar-refractivity contribution in [2.45, 2.75) is 31.8 Å². The van der Waals surface area contributed by atoms with Crippen LogP contribution in [0.1, 0.15) is 29.0 Å². The lowest BCUT2D eigenvalue weighted by molar-refractivity contribution is 0.789. The number of nitrogens with zero attached hydrogens (tertiary/aromatic N) is 1. The van der Waals surface area contributed by atoms with Gasteiger partial charge < -0.3 is 10.6 Å². The second-order valence-electron chi connectivity index (χ2n) is 5.92. The molecule has 23 heavy (non-hydrogen) atoms. The van der Waals surface area contributed by atoms with E-state index in [-0.39, 0.29) is 24.0 Å². The average molecular weight is 421 g/mol. The van der Waals surface area contributed by atoms with E-state index in [9.17, 15) is 0 Å². The lowest BCUT2D eigenvalue weighted by Crippen LogP contribution is -2.38. The summed E-state index contributed by atoms with van der Waals surface area (Å²) in [4.78, 5) is 4.33. The molecular formula is C19H24IN3. The van der Waals surface area contributed by atoms with Gasteiger partial charge in [0.2, 0.25) is 0 Å². The minimum atomic E-state index is 0. The zero-order valence-electron chi connectivity index (χ0n) is 13.6. The second kappa shape index (κ2) is 8.34. The summed E-state index contributed by atoms with van der Waals surface area (Å²) in [6, 6.07) is 19.7. The molecule has 2 unspecified atom stereocenters. The molecule has 2 atom stereocenters. The molecule has 0 spiro atoms. The number of nitrogens with one attached hydrogen (secondary N) is 2. The van der Waals surface area contributed by atoms with Crippen LogP contribution in [0.25, 0.3) is 0 Å². The molecular weight excluding hydrogens is 397 g/mol. The first-order valence-electron chi connectivity index (χ1n) is 7.84.